The van der Waals surface area contributed by atoms with E-state index in [0.29, 0.717) is 5.69 Å². The van der Waals surface area contributed by atoms with Crippen LogP contribution in [0.3, 0.4) is 0 Å². The summed E-state index contributed by atoms with van der Waals surface area (Å²) in [5.41, 5.74) is 6.64. The maximum Gasteiger partial charge on any atom is 0.235 e. The first-order valence-corrected chi connectivity index (χ1v) is 6.99. The van der Waals surface area contributed by atoms with Gasteiger partial charge in [-0.15, -0.1) is 10.2 Å². The number of anilines is 1. The van der Waals surface area contributed by atoms with Crippen molar-refractivity contribution >= 4 is 22.0 Å². The zero-order chi connectivity index (χ0) is 14.5. The minimum Gasteiger partial charge on any atom is -0.506 e. The van der Waals surface area contributed by atoms with Crippen LogP contribution in [0.1, 0.15) is 26.6 Å². The zero-order valence-electron chi connectivity index (χ0n) is 11.5. The van der Waals surface area contributed by atoms with E-state index in [0.717, 1.165) is 21.4 Å². The molecule has 6 nitrogen and oxygen atoms in total. The highest BCUT2D eigenvalue weighted by Crippen LogP contribution is 2.32. The summed E-state index contributed by atoms with van der Waals surface area (Å²) >= 11 is 1.43. The van der Waals surface area contributed by atoms with Crippen LogP contribution >= 0.6 is 11.3 Å². The molecule has 0 atom stereocenters. The number of nitrogens with zero attached hydrogens (tertiary/aromatic N) is 4. The largest absolute Gasteiger partial charge is 0.506 e. The van der Waals surface area contributed by atoms with Crippen LogP contribution < -0.4 is 5.73 Å². The lowest BCUT2D eigenvalue weighted by molar-refractivity contribution is 0.478. The van der Waals surface area contributed by atoms with Gasteiger partial charge in [-0.3, -0.25) is 0 Å². The lowest BCUT2D eigenvalue weighted by atomic mass is 9.96. The highest BCUT2D eigenvalue weighted by molar-refractivity contribution is 7.19. The molecule has 2 heterocycles. The van der Waals surface area contributed by atoms with E-state index < -0.39 is 0 Å². The summed E-state index contributed by atoms with van der Waals surface area (Å²) in [4.78, 5) is 0.737. The number of nitrogen functional groups attached to an aromatic ring is 1. The Hall–Kier alpha value is -2.15. The average Bonchev–Trinajstić information content (AvgIpc) is 2.90. The molecule has 0 aliphatic heterocycles. The number of hydrogen-bond donors (Lipinski definition) is 2. The third-order valence-corrected chi connectivity index (χ3v) is 3.89. The summed E-state index contributed by atoms with van der Waals surface area (Å²) in [7, 11) is 0. The Morgan fingerprint density at radius 2 is 2.00 bits per heavy atom. The third-order valence-electron chi connectivity index (χ3n) is 2.94. The van der Waals surface area contributed by atoms with Crippen molar-refractivity contribution in [2.75, 3.05) is 5.73 Å². The molecule has 0 amide bonds. The molecule has 104 valence electrons. The second kappa shape index (κ2) is 4.17. The summed E-state index contributed by atoms with van der Waals surface area (Å²) < 4.78 is 1.76. The molecule has 0 radical (unpaired) electrons. The molecule has 0 spiro atoms. The van der Waals surface area contributed by atoms with Crippen LogP contribution in [0.2, 0.25) is 0 Å². The van der Waals surface area contributed by atoms with Gasteiger partial charge in [0.15, 0.2) is 5.82 Å². The van der Waals surface area contributed by atoms with E-state index in [4.69, 9.17) is 5.73 Å². The quantitative estimate of drug-likeness (QED) is 0.530. The second-order valence-electron chi connectivity index (χ2n) is 5.65. The first-order chi connectivity index (χ1) is 9.36. The van der Waals surface area contributed by atoms with E-state index in [1.54, 1.807) is 16.6 Å². The molecule has 0 unspecified atom stereocenters. The Balaban J connectivity index is 2.14. The molecule has 0 fully saturated rings. The molecule has 1 aromatic carbocycles. The van der Waals surface area contributed by atoms with Gasteiger partial charge in [0.2, 0.25) is 4.96 Å². The number of benzene rings is 1. The topological polar surface area (TPSA) is 89.3 Å². The lowest BCUT2D eigenvalue weighted by Gasteiger charge is -2.13. The second-order valence-corrected chi connectivity index (χ2v) is 6.60. The molecule has 0 aliphatic rings. The van der Waals surface area contributed by atoms with Crippen molar-refractivity contribution in [2.45, 2.75) is 26.2 Å². The minimum absolute atomic E-state index is 0.0597. The van der Waals surface area contributed by atoms with E-state index in [-0.39, 0.29) is 11.2 Å². The van der Waals surface area contributed by atoms with Crippen LogP contribution in [0.15, 0.2) is 18.2 Å². The molecule has 2 aromatic heterocycles. The van der Waals surface area contributed by atoms with Crippen molar-refractivity contribution in [3.8, 4) is 16.3 Å². The molecule has 3 aromatic rings. The Bertz CT molecular complexity index is 784. The van der Waals surface area contributed by atoms with Gasteiger partial charge in [0.05, 0.1) is 5.69 Å². The number of phenolic OH excluding ortho intramolecular Hbond substituents is 1. The molecule has 3 rings (SSSR count). The SMILES string of the molecule is CC(C)(C)c1nnc2sc(-c3ccc(N)c(O)c3)nn12. The van der Waals surface area contributed by atoms with Crippen molar-refractivity contribution in [2.24, 2.45) is 0 Å². The number of rotatable bonds is 1. The molecule has 20 heavy (non-hydrogen) atoms. The summed E-state index contributed by atoms with van der Waals surface area (Å²) in [6, 6.07) is 5.10. The minimum atomic E-state index is -0.131. The molecular weight excluding hydrogens is 274 g/mol. The van der Waals surface area contributed by atoms with Crippen molar-refractivity contribution in [1.82, 2.24) is 19.8 Å². The van der Waals surface area contributed by atoms with Gasteiger partial charge in [0.1, 0.15) is 10.8 Å². The standard InChI is InChI=1S/C13H15N5OS/c1-13(2,3)11-15-16-12-18(11)17-10(20-12)7-4-5-8(14)9(19)6-7/h4-6,19H,14H2,1-3H3. The Morgan fingerprint density at radius 3 is 2.65 bits per heavy atom. The first kappa shape index (κ1) is 12.9. The van der Waals surface area contributed by atoms with E-state index >= 15 is 0 Å². The van der Waals surface area contributed by atoms with Gasteiger partial charge in [-0.05, 0) is 18.2 Å². The Kier molecular flexibility index (Phi) is 2.68. The molecule has 0 bridgehead atoms. The van der Waals surface area contributed by atoms with Crippen molar-refractivity contribution in [3.63, 3.8) is 0 Å². The number of fused-ring (bicyclic) bond motifs is 1. The van der Waals surface area contributed by atoms with Crippen LogP contribution in [0.25, 0.3) is 15.5 Å². The third kappa shape index (κ3) is 2.00. The number of hydrogen-bond acceptors (Lipinski definition) is 6. The van der Waals surface area contributed by atoms with E-state index in [1.165, 1.54) is 11.3 Å². The highest BCUT2D eigenvalue weighted by Gasteiger charge is 2.23. The Labute approximate surface area is 119 Å². The number of nitrogens with two attached hydrogens (primary N) is 1. The summed E-state index contributed by atoms with van der Waals surface area (Å²) in [6.07, 6.45) is 0. The van der Waals surface area contributed by atoms with Gasteiger partial charge in [0.25, 0.3) is 0 Å². The van der Waals surface area contributed by atoms with Gasteiger partial charge >= 0.3 is 0 Å². The lowest BCUT2D eigenvalue weighted by Crippen LogP contribution is -2.16. The number of phenols is 1. The van der Waals surface area contributed by atoms with Gasteiger partial charge in [-0.2, -0.15) is 9.61 Å². The van der Waals surface area contributed by atoms with Crippen molar-refractivity contribution in [3.05, 3.63) is 24.0 Å². The fourth-order valence-electron chi connectivity index (χ4n) is 1.88. The monoisotopic (exact) mass is 289 g/mol. The summed E-state index contributed by atoms with van der Waals surface area (Å²) in [5, 5.41) is 23.3. The zero-order valence-corrected chi connectivity index (χ0v) is 12.3. The predicted octanol–water partition coefficient (Wildman–Crippen LogP) is 2.44. The van der Waals surface area contributed by atoms with Crippen LogP contribution in [0, 0.1) is 0 Å². The number of aromatic hydroxyl groups is 1. The summed E-state index contributed by atoms with van der Waals surface area (Å²) in [6.45, 7) is 6.20. The molecule has 0 saturated heterocycles. The smallest absolute Gasteiger partial charge is 0.235 e. The maximum absolute atomic E-state index is 9.69. The van der Waals surface area contributed by atoms with E-state index in [2.05, 4.69) is 36.1 Å². The highest BCUT2D eigenvalue weighted by atomic mass is 32.1. The van der Waals surface area contributed by atoms with E-state index in [9.17, 15) is 5.11 Å². The fourth-order valence-corrected chi connectivity index (χ4v) is 2.71. The molecular formula is C13H15N5OS. The fraction of sp³-hybridized carbons (Fsp3) is 0.308. The average molecular weight is 289 g/mol. The molecule has 3 N–H and O–H groups in total. The van der Waals surface area contributed by atoms with Crippen molar-refractivity contribution in [1.29, 1.82) is 0 Å². The van der Waals surface area contributed by atoms with Crippen LogP contribution in [0.5, 0.6) is 5.75 Å². The molecule has 7 heteroatoms. The Morgan fingerprint density at radius 1 is 1.25 bits per heavy atom. The van der Waals surface area contributed by atoms with Gasteiger partial charge in [-0.1, -0.05) is 32.1 Å². The maximum atomic E-state index is 9.69. The van der Waals surface area contributed by atoms with Crippen LogP contribution in [0.4, 0.5) is 5.69 Å². The predicted molar refractivity (Wildman–Crippen MR) is 78.9 cm³/mol. The van der Waals surface area contributed by atoms with E-state index in [1.807, 2.05) is 6.07 Å². The van der Waals surface area contributed by atoms with Gasteiger partial charge in [0, 0.05) is 11.0 Å². The summed E-state index contributed by atoms with van der Waals surface area (Å²) in [5.74, 6) is 0.874. The normalized spacial score (nSPS) is 12.2. The van der Waals surface area contributed by atoms with Crippen LogP contribution in [-0.2, 0) is 5.41 Å². The molecule has 0 saturated carbocycles. The van der Waals surface area contributed by atoms with Gasteiger partial charge in [-0.25, -0.2) is 0 Å². The first-order valence-electron chi connectivity index (χ1n) is 6.18. The number of aromatic nitrogens is 4. The molecule has 0 aliphatic carbocycles. The van der Waals surface area contributed by atoms with Crippen LogP contribution in [-0.4, -0.2) is 24.9 Å². The van der Waals surface area contributed by atoms with Crippen molar-refractivity contribution < 1.29 is 5.11 Å². The van der Waals surface area contributed by atoms with Gasteiger partial charge < -0.3 is 10.8 Å².